The summed E-state index contributed by atoms with van der Waals surface area (Å²) in [6.07, 6.45) is 0.926. The van der Waals surface area contributed by atoms with Gasteiger partial charge in [-0.25, -0.2) is 0 Å². The summed E-state index contributed by atoms with van der Waals surface area (Å²) in [6, 6.07) is 8.29. The Hall–Kier alpha value is -1.53. The Kier molecular flexibility index (Phi) is 4.81. The Morgan fingerprint density at radius 2 is 2.25 bits per heavy atom. The van der Waals surface area contributed by atoms with Gasteiger partial charge in [0.1, 0.15) is 6.07 Å². The molecule has 3 nitrogen and oxygen atoms in total. The highest BCUT2D eigenvalue weighted by molar-refractivity contribution is 5.59. The number of anilines is 1. The van der Waals surface area contributed by atoms with Crippen LogP contribution in [-0.4, -0.2) is 19.8 Å². The van der Waals surface area contributed by atoms with Crippen molar-refractivity contribution in [3.63, 3.8) is 0 Å². The number of ether oxygens (including phenoxy) is 1. The van der Waals surface area contributed by atoms with Gasteiger partial charge in [0.05, 0.1) is 11.3 Å². The summed E-state index contributed by atoms with van der Waals surface area (Å²) >= 11 is 0. The number of nitrogens with zero attached hydrogens (tertiary/aromatic N) is 1. The molecule has 0 aliphatic rings. The largest absolute Gasteiger partial charge is 0.385 e. The standard InChI is InChI=1S/C13H18N2O/c1-10-4-5-12(9-14)13(8-10)15-11(2)6-7-16-3/h4-5,8,11,15H,6-7H2,1-3H3. The van der Waals surface area contributed by atoms with Crippen molar-refractivity contribution in [2.45, 2.75) is 26.3 Å². The molecule has 1 N–H and O–H groups in total. The summed E-state index contributed by atoms with van der Waals surface area (Å²) in [4.78, 5) is 0. The minimum Gasteiger partial charge on any atom is -0.385 e. The van der Waals surface area contributed by atoms with Gasteiger partial charge < -0.3 is 10.1 Å². The van der Waals surface area contributed by atoms with Crippen molar-refractivity contribution >= 4 is 5.69 Å². The first-order chi connectivity index (χ1) is 7.67. The molecule has 0 radical (unpaired) electrons. The quantitative estimate of drug-likeness (QED) is 0.826. The summed E-state index contributed by atoms with van der Waals surface area (Å²) < 4.78 is 5.03. The Morgan fingerprint density at radius 1 is 1.50 bits per heavy atom. The van der Waals surface area contributed by atoms with Gasteiger partial charge in [0.15, 0.2) is 0 Å². The molecule has 86 valence electrons. The zero-order valence-electron chi connectivity index (χ0n) is 10.1. The number of nitrogens with one attached hydrogen (secondary N) is 1. The number of hydrogen-bond acceptors (Lipinski definition) is 3. The topological polar surface area (TPSA) is 45.0 Å². The lowest BCUT2D eigenvalue weighted by Gasteiger charge is -2.16. The molecule has 0 saturated heterocycles. The minimum absolute atomic E-state index is 0.300. The molecule has 1 atom stereocenters. The third-order valence-electron chi connectivity index (χ3n) is 2.45. The van der Waals surface area contributed by atoms with Crippen LogP contribution in [0, 0.1) is 18.3 Å². The molecule has 0 fully saturated rings. The maximum Gasteiger partial charge on any atom is 0.101 e. The molecule has 0 bridgehead atoms. The van der Waals surface area contributed by atoms with Gasteiger partial charge in [-0.1, -0.05) is 6.07 Å². The molecule has 3 heteroatoms. The fraction of sp³-hybridized carbons (Fsp3) is 0.462. The number of hydrogen-bond donors (Lipinski definition) is 1. The SMILES string of the molecule is COCCC(C)Nc1cc(C)ccc1C#N. The summed E-state index contributed by atoms with van der Waals surface area (Å²) in [6.45, 7) is 4.83. The van der Waals surface area contributed by atoms with Crippen molar-refractivity contribution in [3.05, 3.63) is 29.3 Å². The van der Waals surface area contributed by atoms with Gasteiger partial charge in [-0.2, -0.15) is 5.26 Å². The van der Waals surface area contributed by atoms with Crippen LogP contribution in [0.1, 0.15) is 24.5 Å². The highest BCUT2D eigenvalue weighted by Crippen LogP contribution is 2.18. The smallest absolute Gasteiger partial charge is 0.101 e. The van der Waals surface area contributed by atoms with Crippen LogP contribution in [0.25, 0.3) is 0 Å². The molecule has 0 heterocycles. The molecule has 0 aliphatic heterocycles. The van der Waals surface area contributed by atoms with E-state index in [9.17, 15) is 0 Å². The van der Waals surface area contributed by atoms with E-state index in [2.05, 4.69) is 18.3 Å². The van der Waals surface area contributed by atoms with Crippen molar-refractivity contribution in [1.82, 2.24) is 0 Å². The van der Waals surface area contributed by atoms with Gasteiger partial charge in [-0.05, 0) is 38.0 Å². The Morgan fingerprint density at radius 3 is 2.88 bits per heavy atom. The second-order valence-corrected chi connectivity index (χ2v) is 3.99. The van der Waals surface area contributed by atoms with E-state index in [1.807, 2.05) is 25.1 Å². The summed E-state index contributed by atoms with van der Waals surface area (Å²) in [5.74, 6) is 0. The lowest BCUT2D eigenvalue weighted by atomic mass is 10.1. The average molecular weight is 218 g/mol. The molecular formula is C13H18N2O. The van der Waals surface area contributed by atoms with Gasteiger partial charge >= 0.3 is 0 Å². The van der Waals surface area contributed by atoms with Crippen LogP contribution in [0.15, 0.2) is 18.2 Å². The molecule has 1 rings (SSSR count). The van der Waals surface area contributed by atoms with Gasteiger partial charge in [0, 0.05) is 19.8 Å². The van der Waals surface area contributed by atoms with Crippen molar-refractivity contribution in [2.24, 2.45) is 0 Å². The fourth-order valence-electron chi connectivity index (χ4n) is 1.51. The van der Waals surface area contributed by atoms with Crippen LogP contribution in [0.4, 0.5) is 5.69 Å². The normalized spacial score (nSPS) is 11.9. The van der Waals surface area contributed by atoms with Crippen LogP contribution < -0.4 is 5.32 Å². The summed E-state index contributed by atoms with van der Waals surface area (Å²) in [5, 5.41) is 12.3. The Bertz CT molecular complexity index is 382. The molecule has 0 aliphatic carbocycles. The van der Waals surface area contributed by atoms with Gasteiger partial charge in [-0.3, -0.25) is 0 Å². The third kappa shape index (κ3) is 3.56. The van der Waals surface area contributed by atoms with Crippen LogP contribution in [0.2, 0.25) is 0 Å². The van der Waals surface area contributed by atoms with E-state index >= 15 is 0 Å². The van der Waals surface area contributed by atoms with E-state index in [-0.39, 0.29) is 0 Å². The number of benzene rings is 1. The van der Waals surface area contributed by atoms with Gasteiger partial charge in [-0.15, -0.1) is 0 Å². The zero-order valence-corrected chi connectivity index (χ0v) is 10.1. The highest BCUT2D eigenvalue weighted by atomic mass is 16.5. The first kappa shape index (κ1) is 12.5. The highest BCUT2D eigenvalue weighted by Gasteiger charge is 2.06. The summed E-state index contributed by atoms with van der Waals surface area (Å²) in [5.41, 5.74) is 2.75. The van der Waals surface area contributed by atoms with Crippen molar-refractivity contribution in [3.8, 4) is 6.07 Å². The number of methoxy groups -OCH3 is 1. The van der Waals surface area contributed by atoms with Crippen LogP contribution in [0.3, 0.4) is 0 Å². The molecule has 1 unspecified atom stereocenters. The van der Waals surface area contributed by atoms with E-state index < -0.39 is 0 Å². The third-order valence-corrected chi connectivity index (χ3v) is 2.45. The second-order valence-electron chi connectivity index (χ2n) is 3.99. The zero-order chi connectivity index (χ0) is 12.0. The predicted molar refractivity (Wildman–Crippen MR) is 65.5 cm³/mol. The van der Waals surface area contributed by atoms with Gasteiger partial charge in [0.25, 0.3) is 0 Å². The molecule has 1 aromatic rings. The predicted octanol–water partition coefficient (Wildman–Crippen LogP) is 2.70. The van der Waals surface area contributed by atoms with E-state index in [0.717, 1.165) is 24.3 Å². The van der Waals surface area contributed by atoms with Crippen molar-refractivity contribution in [1.29, 1.82) is 5.26 Å². The van der Waals surface area contributed by atoms with Crippen molar-refractivity contribution in [2.75, 3.05) is 19.0 Å². The van der Waals surface area contributed by atoms with Crippen LogP contribution in [0.5, 0.6) is 0 Å². The Labute approximate surface area is 97.0 Å². The molecular weight excluding hydrogens is 200 g/mol. The Balaban J connectivity index is 2.72. The van der Waals surface area contributed by atoms with E-state index in [4.69, 9.17) is 10.00 Å². The molecule has 0 saturated carbocycles. The lowest BCUT2D eigenvalue weighted by molar-refractivity contribution is 0.191. The maximum absolute atomic E-state index is 8.98. The molecule has 16 heavy (non-hydrogen) atoms. The molecule has 1 aromatic carbocycles. The first-order valence-electron chi connectivity index (χ1n) is 5.43. The lowest BCUT2D eigenvalue weighted by Crippen LogP contribution is -2.17. The summed E-state index contributed by atoms with van der Waals surface area (Å²) in [7, 11) is 1.69. The number of rotatable bonds is 5. The minimum atomic E-state index is 0.300. The van der Waals surface area contributed by atoms with Crippen LogP contribution in [-0.2, 0) is 4.74 Å². The van der Waals surface area contributed by atoms with E-state index in [1.54, 1.807) is 7.11 Å². The first-order valence-corrected chi connectivity index (χ1v) is 5.43. The number of aryl methyl sites for hydroxylation is 1. The average Bonchev–Trinajstić information content (AvgIpc) is 2.27. The number of nitriles is 1. The molecule has 0 amide bonds. The molecule has 0 aromatic heterocycles. The van der Waals surface area contributed by atoms with Crippen LogP contribution >= 0.6 is 0 Å². The van der Waals surface area contributed by atoms with Crippen molar-refractivity contribution < 1.29 is 4.74 Å². The second kappa shape index (κ2) is 6.14. The van der Waals surface area contributed by atoms with E-state index in [0.29, 0.717) is 11.6 Å². The maximum atomic E-state index is 8.98. The monoisotopic (exact) mass is 218 g/mol. The van der Waals surface area contributed by atoms with E-state index in [1.165, 1.54) is 0 Å². The van der Waals surface area contributed by atoms with Gasteiger partial charge in [0.2, 0.25) is 0 Å². The fourth-order valence-corrected chi connectivity index (χ4v) is 1.51. The molecule has 0 spiro atoms.